The first kappa shape index (κ1) is 14.8. The van der Waals surface area contributed by atoms with Crippen LogP contribution in [0.2, 0.25) is 0 Å². The number of nitrogen functional groups attached to an aromatic ring is 1. The van der Waals surface area contributed by atoms with Crippen LogP contribution in [0.1, 0.15) is 19.4 Å². The van der Waals surface area contributed by atoms with Crippen LogP contribution < -0.4 is 5.73 Å². The van der Waals surface area contributed by atoms with Crippen LogP contribution >= 0.6 is 0 Å². The molecular weight excluding hydrogens is 256 g/mol. The zero-order valence-electron chi connectivity index (χ0n) is 12.0. The molecule has 0 aliphatic carbocycles. The van der Waals surface area contributed by atoms with Crippen molar-refractivity contribution < 1.29 is 14.3 Å². The Bertz CT molecular complexity index is 456. The first-order chi connectivity index (χ1) is 9.58. The molecule has 1 aromatic rings. The molecule has 1 aliphatic heterocycles. The van der Waals surface area contributed by atoms with Gasteiger partial charge in [-0.1, -0.05) is 12.1 Å². The normalized spacial score (nSPS) is 19.1. The maximum Gasteiger partial charge on any atom is 0.254 e. The summed E-state index contributed by atoms with van der Waals surface area (Å²) >= 11 is 0. The second kappa shape index (κ2) is 6.72. The Balaban J connectivity index is 2.08. The fourth-order valence-corrected chi connectivity index (χ4v) is 2.22. The number of hydrogen-bond donors (Lipinski definition) is 1. The minimum absolute atomic E-state index is 0.0258. The van der Waals surface area contributed by atoms with Gasteiger partial charge in [0.05, 0.1) is 19.8 Å². The van der Waals surface area contributed by atoms with Gasteiger partial charge in [0.1, 0.15) is 0 Å². The monoisotopic (exact) mass is 278 g/mol. The molecule has 5 heteroatoms. The summed E-state index contributed by atoms with van der Waals surface area (Å²) in [6.07, 6.45) is -0.493. The summed E-state index contributed by atoms with van der Waals surface area (Å²) in [5.74, 6) is -0.0258. The van der Waals surface area contributed by atoms with Crippen molar-refractivity contribution in [2.45, 2.75) is 32.5 Å². The number of carbonyl (C=O) groups excluding carboxylic acids is 1. The van der Waals surface area contributed by atoms with E-state index in [2.05, 4.69) is 0 Å². The molecule has 1 aromatic carbocycles. The first-order valence-corrected chi connectivity index (χ1v) is 6.92. The summed E-state index contributed by atoms with van der Waals surface area (Å²) in [4.78, 5) is 14.3. The molecule has 1 fully saturated rings. The molecule has 1 aliphatic rings. The van der Waals surface area contributed by atoms with Crippen LogP contribution in [0.4, 0.5) is 5.69 Å². The maximum atomic E-state index is 12.5. The molecule has 1 atom stereocenters. The summed E-state index contributed by atoms with van der Waals surface area (Å²) in [6.45, 7) is 5.88. The molecule has 0 bridgehead atoms. The molecule has 2 N–H and O–H groups in total. The Morgan fingerprint density at radius 3 is 2.85 bits per heavy atom. The highest BCUT2D eigenvalue weighted by molar-refractivity contribution is 5.81. The van der Waals surface area contributed by atoms with Gasteiger partial charge in [-0.05, 0) is 31.5 Å². The number of hydrogen-bond acceptors (Lipinski definition) is 4. The molecule has 1 saturated heterocycles. The van der Waals surface area contributed by atoms with Crippen LogP contribution in [0.15, 0.2) is 24.3 Å². The van der Waals surface area contributed by atoms with Gasteiger partial charge >= 0.3 is 0 Å². The van der Waals surface area contributed by atoms with E-state index >= 15 is 0 Å². The van der Waals surface area contributed by atoms with Crippen molar-refractivity contribution in [1.29, 1.82) is 0 Å². The smallest absolute Gasteiger partial charge is 0.254 e. The van der Waals surface area contributed by atoms with E-state index in [-0.39, 0.29) is 11.9 Å². The van der Waals surface area contributed by atoms with Crippen LogP contribution in [0, 0.1) is 0 Å². The lowest BCUT2D eigenvalue weighted by molar-refractivity contribution is -0.160. The molecule has 1 amide bonds. The third kappa shape index (κ3) is 3.71. The molecule has 0 saturated carbocycles. The predicted octanol–water partition coefficient (Wildman–Crippen LogP) is 1.42. The van der Waals surface area contributed by atoms with E-state index in [9.17, 15) is 4.79 Å². The summed E-state index contributed by atoms with van der Waals surface area (Å²) in [6, 6.07) is 7.68. The average Bonchev–Trinajstić information content (AvgIpc) is 2.45. The standard InChI is InChI=1S/C15H22N2O3/c1-11(2)17(9-12-4-3-5-13(16)8-12)15(18)14-10-19-6-7-20-14/h3-5,8,11,14H,6-7,9-10,16H2,1-2H3. The van der Waals surface area contributed by atoms with E-state index in [0.29, 0.717) is 32.1 Å². The summed E-state index contributed by atoms with van der Waals surface area (Å²) < 4.78 is 10.8. The van der Waals surface area contributed by atoms with Crippen LogP contribution in [0.5, 0.6) is 0 Å². The van der Waals surface area contributed by atoms with E-state index in [1.54, 1.807) is 4.90 Å². The fraction of sp³-hybridized carbons (Fsp3) is 0.533. The number of nitrogens with two attached hydrogens (primary N) is 1. The Labute approximate surface area is 119 Å². The highest BCUT2D eigenvalue weighted by Crippen LogP contribution is 2.15. The lowest BCUT2D eigenvalue weighted by atomic mass is 10.1. The third-order valence-corrected chi connectivity index (χ3v) is 3.30. The van der Waals surface area contributed by atoms with Crippen molar-refractivity contribution in [1.82, 2.24) is 4.90 Å². The fourth-order valence-electron chi connectivity index (χ4n) is 2.22. The van der Waals surface area contributed by atoms with Crippen molar-refractivity contribution in [3.8, 4) is 0 Å². The summed E-state index contributed by atoms with van der Waals surface area (Å²) in [5.41, 5.74) is 7.50. The van der Waals surface area contributed by atoms with E-state index in [1.165, 1.54) is 0 Å². The van der Waals surface area contributed by atoms with Gasteiger partial charge in [0.15, 0.2) is 6.10 Å². The van der Waals surface area contributed by atoms with E-state index in [4.69, 9.17) is 15.2 Å². The number of nitrogens with zero attached hydrogens (tertiary/aromatic N) is 1. The zero-order valence-corrected chi connectivity index (χ0v) is 12.0. The topological polar surface area (TPSA) is 64.8 Å². The molecule has 110 valence electrons. The Hall–Kier alpha value is -1.59. The van der Waals surface area contributed by atoms with Gasteiger partial charge in [-0.3, -0.25) is 4.79 Å². The number of benzene rings is 1. The predicted molar refractivity (Wildman–Crippen MR) is 77.1 cm³/mol. The van der Waals surface area contributed by atoms with Crippen LogP contribution in [-0.2, 0) is 20.8 Å². The Morgan fingerprint density at radius 1 is 1.45 bits per heavy atom. The van der Waals surface area contributed by atoms with Gasteiger partial charge in [0.2, 0.25) is 0 Å². The van der Waals surface area contributed by atoms with Crippen LogP contribution in [-0.4, -0.2) is 42.8 Å². The van der Waals surface area contributed by atoms with E-state index < -0.39 is 6.10 Å². The lowest BCUT2D eigenvalue weighted by Crippen LogP contribution is -2.47. The highest BCUT2D eigenvalue weighted by Gasteiger charge is 2.29. The quantitative estimate of drug-likeness (QED) is 0.846. The third-order valence-electron chi connectivity index (χ3n) is 3.30. The minimum Gasteiger partial charge on any atom is -0.399 e. The van der Waals surface area contributed by atoms with Crippen molar-refractivity contribution in [2.75, 3.05) is 25.6 Å². The molecule has 0 spiro atoms. The minimum atomic E-state index is -0.493. The maximum absolute atomic E-state index is 12.5. The second-order valence-corrected chi connectivity index (χ2v) is 5.24. The molecule has 5 nitrogen and oxygen atoms in total. The van der Waals surface area contributed by atoms with Gasteiger partial charge in [-0.25, -0.2) is 0 Å². The molecule has 0 radical (unpaired) electrons. The molecule has 0 aromatic heterocycles. The van der Waals surface area contributed by atoms with Crippen molar-refractivity contribution in [3.63, 3.8) is 0 Å². The van der Waals surface area contributed by atoms with Crippen LogP contribution in [0.25, 0.3) is 0 Å². The van der Waals surface area contributed by atoms with Crippen molar-refractivity contribution >= 4 is 11.6 Å². The number of carbonyl (C=O) groups is 1. The van der Waals surface area contributed by atoms with Gasteiger partial charge in [-0.15, -0.1) is 0 Å². The Morgan fingerprint density at radius 2 is 2.25 bits per heavy atom. The van der Waals surface area contributed by atoms with Gasteiger partial charge in [-0.2, -0.15) is 0 Å². The lowest BCUT2D eigenvalue weighted by Gasteiger charge is -2.32. The highest BCUT2D eigenvalue weighted by atomic mass is 16.6. The molecular formula is C15H22N2O3. The summed E-state index contributed by atoms with van der Waals surface area (Å²) in [7, 11) is 0. The number of amides is 1. The van der Waals surface area contributed by atoms with Crippen LogP contribution in [0.3, 0.4) is 0 Å². The average molecular weight is 278 g/mol. The van der Waals surface area contributed by atoms with Gasteiger partial charge in [0, 0.05) is 18.3 Å². The SMILES string of the molecule is CC(C)N(Cc1cccc(N)c1)C(=O)C1COCCO1. The number of rotatable bonds is 4. The van der Waals surface area contributed by atoms with E-state index in [0.717, 1.165) is 5.56 Å². The molecule has 2 rings (SSSR count). The Kier molecular flexibility index (Phi) is 4.98. The summed E-state index contributed by atoms with van der Waals surface area (Å²) in [5, 5.41) is 0. The number of anilines is 1. The largest absolute Gasteiger partial charge is 0.399 e. The molecule has 1 unspecified atom stereocenters. The second-order valence-electron chi connectivity index (χ2n) is 5.24. The van der Waals surface area contributed by atoms with Gasteiger partial charge < -0.3 is 20.1 Å². The van der Waals surface area contributed by atoms with Crippen molar-refractivity contribution in [3.05, 3.63) is 29.8 Å². The van der Waals surface area contributed by atoms with Gasteiger partial charge in [0.25, 0.3) is 5.91 Å². The van der Waals surface area contributed by atoms with Crippen molar-refractivity contribution in [2.24, 2.45) is 0 Å². The molecule has 20 heavy (non-hydrogen) atoms. The first-order valence-electron chi connectivity index (χ1n) is 6.92. The zero-order chi connectivity index (χ0) is 14.5. The molecule has 1 heterocycles. The number of ether oxygens (including phenoxy) is 2. The van der Waals surface area contributed by atoms with E-state index in [1.807, 2.05) is 38.1 Å².